The predicted molar refractivity (Wildman–Crippen MR) is 100 cm³/mol. The monoisotopic (exact) mass is 332 g/mol. The Kier molecular flexibility index (Phi) is 3.61. The van der Waals surface area contributed by atoms with Gasteiger partial charge in [-0.3, -0.25) is 4.79 Å². The van der Waals surface area contributed by atoms with Gasteiger partial charge in [0.2, 0.25) is 5.91 Å². The molecule has 0 saturated heterocycles. The van der Waals surface area contributed by atoms with E-state index in [9.17, 15) is 4.79 Å². The number of amides is 1. The summed E-state index contributed by atoms with van der Waals surface area (Å²) in [6.45, 7) is 0. The minimum Gasteiger partial charge on any atom is -0.273 e. The lowest BCUT2D eigenvalue weighted by molar-refractivity contribution is -0.120. The number of benzene rings is 2. The first kappa shape index (κ1) is 15.1. The molecule has 1 N–H and O–H groups in total. The van der Waals surface area contributed by atoms with Crippen LogP contribution in [-0.4, -0.2) is 11.6 Å². The van der Waals surface area contributed by atoms with E-state index < -0.39 is 0 Å². The molecule has 1 amide bonds. The van der Waals surface area contributed by atoms with Crippen LogP contribution >= 0.6 is 0 Å². The fraction of sp³-hybridized carbons (Fsp3) is 0.455. The first-order chi connectivity index (χ1) is 12.3. The summed E-state index contributed by atoms with van der Waals surface area (Å²) >= 11 is 0. The average Bonchev–Trinajstić information content (AvgIpc) is 2.61. The number of hydrazone groups is 1. The third kappa shape index (κ3) is 2.76. The molecule has 4 saturated carbocycles. The molecule has 0 radical (unpaired) electrons. The molecule has 4 bridgehead atoms. The highest BCUT2D eigenvalue weighted by Gasteiger charge is 2.46. The molecule has 4 aliphatic carbocycles. The number of rotatable bonds is 3. The van der Waals surface area contributed by atoms with Crippen molar-refractivity contribution in [2.75, 3.05) is 0 Å². The molecule has 3 nitrogen and oxygen atoms in total. The van der Waals surface area contributed by atoms with Gasteiger partial charge in [0.25, 0.3) is 0 Å². The Hall–Kier alpha value is -2.16. The van der Waals surface area contributed by atoms with Gasteiger partial charge in [0.15, 0.2) is 0 Å². The summed E-state index contributed by atoms with van der Waals surface area (Å²) in [6, 6.07) is 14.4. The minimum atomic E-state index is -0.00217. The molecule has 6 rings (SSSR count). The van der Waals surface area contributed by atoms with Crippen LogP contribution in [0.2, 0.25) is 0 Å². The van der Waals surface area contributed by atoms with Gasteiger partial charge in [-0.2, -0.15) is 5.10 Å². The molecule has 0 aliphatic heterocycles. The molecule has 4 aliphatic rings. The molecule has 3 heteroatoms. The van der Waals surface area contributed by atoms with Gasteiger partial charge in [-0.1, -0.05) is 42.5 Å². The van der Waals surface area contributed by atoms with Gasteiger partial charge in [0.1, 0.15) is 0 Å². The molecule has 2 aromatic carbocycles. The Balaban J connectivity index is 1.31. The first-order valence-corrected chi connectivity index (χ1v) is 9.59. The van der Waals surface area contributed by atoms with E-state index >= 15 is 0 Å². The molecule has 0 atom stereocenters. The van der Waals surface area contributed by atoms with E-state index in [1.54, 1.807) is 0 Å². The van der Waals surface area contributed by atoms with Crippen LogP contribution < -0.4 is 5.43 Å². The van der Waals surface area contributed by atoms with E-state index in [2.05, 4.69) is 28.7 Å². The van der Waals surface area contributed by atoms with Gasteiger partial charge in [-0.15, -0.1) is 0 Å². The van der Waals surface area contributed by atoms with Crippen LogP contribution in [0.3, 0.4) is 0 Å². The zero-order valence-electron chi connectivity index (χ0n) is 14.4. The highest BCUT2D eigenvalue weighted by molar-refractivity contribution is 5.93. The maximum Gasteiger partial charge on any atom is 0.244 e. The van der Waals surface area contributed by atoms with Crippen LogP contribution in [0.5, 0.6) is 0 Å². The van der Waals surface area contributed by atoms with Crippen molar-refractivity contribution in [3.05, 3.63) is 48.0 Å². The van der Waals surface area contributed by atoms with Crippen LogP contribution in [0.4, 0.5) is 0 Å². The van der Waals surface area contributed by atoms with Crippen molar-refractivity contribution in [3.63, 3.8) is 0 Å². The number of nitrogens with zero attached hydrogens (tertiary/aromatic N) is 1. The molecule has 0 unspecified atom stereocenters. The molecular formula is C22H24N2O. The Bertz CT molecular complexity index is 819. The van der Waals surface area contributed by atoms with Crippen LogP contribution in [0.25, 0.3) is 10.8 Å². The second-order valence-electron chi connectivity index (χ2n) is 8.19. The van der Waals surface area contributed by atoms with Crippen molar-refractivity contribution in [1.29, 1.82) is 0 Å². The van der Waals surface area contributed by atoms with Crippen LogP contribution in [0.15, 0.2) is 47.6 Å². The van der Waals surface area contributed by atoms with Gasteiger partial charge in [0, 0.05) is 5.71 Å². The van der Waals surface area contributed by atoms with Crippen molar-refractivity contribution in [1.82, 2.24) is 5.43 Å². The molecular weight excluding hydrogens is 308 g/mol. The van der Waals surface area contributed by atoms with E-state index in [1.807, 2.05) is 24.3 Å². The lowest BCUT2D eigenvalue weighted by atomic mass is 9.55. The molecule has 0 heterocycles. The third-order valence-electron chi connectivity index (χ3n) is 6.52. The van der Waals surface area contributed by atoms with Crippen molar-refractivity contribution in [2.45, 2.75) is 38.5 Å². The largest absolute Gasteiger partial charge is 0.273 e. The van der Waals surface area contributed by atoms with Crippen LogP contribution in [-0.2, 0) is 11.2 Å². The molecule has 25 heavy (non-hydrogen) atoms. The smallest absolute Gasteiger partial charge is 0.244 e. The maximum atomic E-state index is 12.5. The van der Waals surface area contributed by atoms with E-state index in [1.165, 1.54) is 43.2 Å². The second kappa shape index (κ2) is 5.98. The summed E-state index contributed by atoms with van der Waals surface area (Å²) in [5.41, 5.74) is 5.23. The van der Waals surface area contributed by atoms with Crippen molar-refractivity contribution in [3.8, 4) is 0 Å². The van der Waals surface area contributed by atoms with E-state index in [-0.39, 0.29) is 5.91 Å². The summed E-state index contributed by atoms with van der Waals surface area (Å²) in [4.78, 5) is 12.5. The number of hydrogen-bond donors (Lipinski definition) is 1. The van der Waals surface area contributed by atoms with Crippen molar-refractivity contribution >= 4 is 22.4 Å². The Labute approximate surface area is 148 Å². The van der Waals surface area contributed by atoms with Gasteiger partial charge in [0.05, 0.1) is 6.42 Å². The first-order valence-electron chi connectivity index (χ1n) is 9.59. The highest BCUT2D eigenvalue weighted by atomic mass is 16.2. The van der Waals surface area contributed by atoms with Gasteiger partial charge in [-0.05, 0) is 72.1 Å². The number of carbonyl (C=O) groups excluding carboxylic acids is 1. The molecule has 0 spiro atoms. The average molecular weight is 332 g/mol. The van der Waals surface area contributed by atoms with Gasteiger partial charge >= 0.3 is 0 Å². The summed E-state index contributed by atoms with van der Waals surface area (Å²) in [6.07, 6.45) is 7.01. The summed E-state index contributed by atoms with van der Waals surface area (Å²) in [7, 11) is 0. The quantitative estimate of drug-likeness (QED) is 0.836. The Morgan fingerprint density at radius 2 is 1.60 bits per heavy atom. The second-order valence-corrected chi connectivity index (χ2v) is 8.19. The lowest BCUT2D eigenvalue weighted by Gasteiger charge is -2.50. The van der Waals surface area contributed by atoms with Crippen molar-refractivity contribution < 1.29 is 4.79 Å². The number of nitrogens with one attached hydrogen (secondary N) is 1. The Morgan fingerprint density at radius 3 is 2.36 bits per heavy atom. The lowest BCUT2D eigenvalue weighted by Crippen LogP contribution is -2.46. The Morgan fingerprint density at radius 1 is 0.920 bits per heavy atom. The highest BCUT2D eigenvalue weighted by Crippen LogP contribution is 2.52. The van der Waals surface area contributed by atoms with Gasteiger partial charge in [-0.25, -0.2) is 5.43 Å². The number of carbonyl (C=O) groups is 1. The topological polar surface area (TPSA) is 41.5 Å². The van der Waals surface area contributed by atoms with Crippen molar-refractivity contribution in [2.24, 2.45) is 28.8 Å². The van der Waals surface area contributed by atoms with E-state index in [4.69, 9.17) is 0 Å². The number of fused-ring (bicyclic) bond motifs is 1. The van der Waals surface area contributed by atoms with Gasteiger partial charge < -0.3 is 0 Å². The minimum absolute atomic E-state index is 0.00217. The van der Waals surface area contributed by atoms with Crippen LogP contribution in [0.1, 0.15) is 37.7 Å². The normalized spacial score (nSPS) is 29.8. The SMILES string of the molecule is O=C(Cc1cccc2ccccc12)NN=C1C2CC3CC(C2)CC1C3. The summed E-state index contributed by atoms with van der Waals surface area (Å²) in [5, 5.41) is 6.95. The third-order valence-corrected chi connectivity index (χ3v) is 6.52. The zero-order chi connectivity index (χ0) is 16.8. The molecule has 128 valence electrons. The molecule has 0 aromatic heterocycles. The summed E-state index contributed by atoms with van der Waals surface area (Å²) < 4.78 is 0. The zero-order valence-corrected chi connectivity index (χ0v) is 14.4. The van der Waals surface area contributed by atoms with E-state index in [0.29, 0.717) is 18.3 Å². The molecule has 2 aromatic rings. The summed E-state index contributed by atoms with van der Waals surface area (Å²) in [5.74, 6) is 3.11. The standard InChI is InChI=1S/C22H24N2O/c25-21(13-17-6-3-5-16-4-1-2-7-20(16)17)23-24-22-18-9-14-8-15(11-18)12-19(22)10-14/h1-7,14-15,18-19H,8-13H2,(H,23,25). The predicted octanol–water partition coefficient (Wildman–Crippen LogP) is 4.31. The fourth-order valence-electron chi connectivity index (χ4n) is 5.64. The maximum absolute atomic E-state index is 12.5. The van der Waals surface area contributed by atoms with Crippen LogP contribution in [0, 0.1) is 23.7 Å². The number of hydrogen-bond acceptors (Lipinski definition) is 2. The van der Waals surface area contributed by atoms with E-state index in [0.717, 1.165) is 22.8 Å². The fourth-order valence-corrected chi connectivity index (χ4v) is 5.64. The molecule has 4 fully saturated rings.